The number of rotatable bonds is 6. The molecule has 0 spiro atoms. The Hall–Kier alpha value is -1.26. The highest BCUT2D eigenvalue weighted by Gasteiger charge is 2.17. The Kier molecular flexibility index (Phi) is 5.48. The molecule has 1 saturated heterocycles. The Morgan fingerprint density at radius 2 is 2.26 bits per heavy atom. The normalized spacial score (nSPS) is 19.2. The van der Waals surface area contributed by atoms with Crippen LogP contribution >= 0.6 is 0 Å². The van der Waals surface area contributed by atoms with Crippen LogP contribution in [-0.2, 0) is 11.3 Å². The molecule has 1 aromatic carbocycles. The number of methoxy groups -OCH3 is 1. The topological polar surface area (TPSA) is 39.7 Å². The van der Waals surface area contributed by atoms with E-state index in [0.29, 0.717) is 6.61 Å². The van der Waals surface area contributed by atoms with Gasteiger partial charge in [0.05, 0.1) is 13.7 Å². The van der Waals surface area contributed by atoms with E-state index in [-0.39, 0.29) is 6.10 Å². The predicted molar refractivity (Wildman–Crippen MR) is 74.8 cm³/mol. The van der Waals surface area contributed by atoms with Crippen molar-refractivity contribution in [3.63, 3.8) is 0 Å². The minimum Gasteiger partial charge on any atom is -0.493 e. The van der Waals surface area contributed by atoms with Gasteiger partial charge in [-0.3, -0.25) is 0 Å². The van der Waals surface area contributed by atoms with Gasteiger partial charge in [0.2, 0.25) is 0 Å². The van der Waals surface area contributed by atoms with E-state index in [4.69, 9.17) is 14.2 Å². The van der Waals surface area contributed by atoms with Crippen molar-refractivity contribution in [1.82, 2.24) is 5.32 Å². The summed E-state index contributed by atoms with van der Waals surface area (Å²) >= 11 is 0. The predicted octanol–water partition coefficient (Wildman–Crippen LogP) is 2.36. The third-order valence-corrected chi connectivity index (χ3v) is 3.22. The molecule has 19 heavy (non-hydrogen) atoms. The van der Waals surface area contributed by atoms with Gasteiger partial charge in [-0.2, -0.15) is 0 Å². The molecule has 0 bridgehead atoms. The fourth-order valence-corrected chi connectivity index (χ4v) is 2.17. The first-order valence-electron chi connectivity index (χ1n) is 6.95. The van der Waals surface area contributed by atoms with E-state index in [2.05, 4.69) is 18.3 Å². The molecule has 1 unspecified atom stereocenters. The van der Waals surface area contributed by atoms with Gasteiger partial charge < -0.3 is 19.5 Å². The van der Waals surface area contributed by atoms with E-state index in [9.17, 15) is 0 Å². The van der Waals surface area contributed by atoms with Gasteiger partial charge in [-0.15, -0.1) is 0 Å². The molecule has 2 rings (SSSR count). The third kappa shape index (κ3) is 4.11. The zero-order valence-electron chi connectivity index (χ0n) is 11.8. The molecule has 0 saturated carbocycles. The van der Waals surface area contributed by atoms with Crippen LogP contribution in [0.1, 0.15) is 25.3 Å². The van der Waals surface area contributed by atoms with Gasteiger partial charge >= 0.3 is 0 Å². The van der Waals surface area contributed by atoms with Crippen LogP contribution < -0.4 is 14.8 Å². The minimum absolute atomic E-state index is 0.141. The third-order valence-electron chi connectivity index (χ3n) is 3.22. The molecule has 0 amide bonds. The van der Waals surface area contributed by atoms with Crippen LogP contribution in [-0.4, -0.2) is 33.0 Å². The highest BCUT2D eigenvalue weighted by molar-refractivity contribution is 5.43. The van der Waals surface area contributed by atoms with E-state index >= 15 is 0 Å². The second-order valence-electron chi connectivity index (χ2n) is 4.72. The SMILES string of the molecule is CCNCc1ccc(OC2CCCOC2)c(OC)c1. The lowest BCUT2D eigenvalue weighted by molar-refractivity contribution is 0.00643. The summed E-state index contributed by atoms with van der Waals surface area (Å²) < 4.78 is 16.8. The number of hydrogen-bond acceptors (Lipinski definition) is 4. The van der Waals surface area contributed by atoms with Gasteiger partial charge in [-0.1, -0.05) is 13.0 Å². The van der Waals surface area contributed by atoms with Crippen LogP contribution in [0.15, 0.2) is 18.2 Å². The Bertz CT molecular complexity index is 389. The van der Waals surface area contributed by atoms with E-state index in [1.807, 2.05) is 12.1 Å². The largest absolute Gasteiger partial charge is 0.493 e. The second kappa shape index (κ2) is 7.36. The quantitative estimate of drug-likeness (QED) is 0.857. The maximum atomic E-state index is 5.97. The summed E-state index contributed by atoms with van der Waals surface area (Å²) in [6, 6.07) is 6.09. The van der Waals surface area contributed by atoms with Crippen molar-refractivity contribution in [2.24, 2.45) is 0 Å². The summed E-state index contributed by atoms with van der Waals surface area (Å²) in [5.74, 6) is 1.60. The van der Waals surface area contributed by atoms with Crippen molar-refractivity contribution in [2.75, 3.05) is 26.9 Å². The molecule has 1 aliphatic heterocycles. The molecule has 0 aliphatic carbocycles. The first kappa shape index (κ1) is 14.2. The molecular weight excluding hydrogens is 242 g/mol. The van der Waals surface area contributed by atoms with E-state index in [1.54, 1.807) is 7.11 Å². The lowest BCUT2D eigenvalue weighted by atomic mass is 10.1. The minimum atomic E-state index is 0.141. The average Bonchev–Trinajstić information content (AvgIpc) is 2.47. The number of benzene rings is 1. The summed E-state index contributed by atoms with van der Waals surface area (Å²) in [6.07, 6.45) is 2.25. The Balaban J connectivity index is 2.02. The molecule has 1 aliphatic rings. The Labute approximate surface area is 115 Å². The first-order valence-corrected chi connectivity index (χ1v) is 6.95. The molecule has 0 radical (unpaired) electrons. The fourth-order valence-electron chi connectivity index (χ4n) is 2.17. The van der Waals surface area contributed by atoms with Crippen molar-refractivity contribution >= 4 is 0 Å². The number of hydrogen-bond donors (Lipinski definition) is 1. The van der Waals surface area contributed by atoms with Gasteiger partial charge in [-0.25, -0.2) is 0 Å². The van der Waals surface area contributed by atoms with Crippen molar-refractivity contribution in [3.8, 4) is 11.5 Å². The zero-order valence-corrected chi connectivity index (χ0v) is 11.8. The molecule has 1 atom stereocenters. The van der Waals surface area contributed by atoms with Gasteiger partial charge in [-0.05, 0) is 37.1 Å². The van der Waals surface area contributed by atoms with Crippen LogP contribution in [0, 0.1) is 0 Å². The molecular formula is C15H23NO3. The molecule has 1 N–H and O–H groups in total. The molecule has 106 valence electrons. The highest BCUT2D eigenvalue weighted by Crippen LogP contribution is 2.30. The van der Waals surface area contributed by atoms with Crippen LogP contribution in [0.25, 0.3) is 0 Å². The van der Waals surface area contributed by atoms with Gasteiger partial charge in [0.1, 0.15) is 6.10 Å². The zero-order chi connectivity index (χ0) is 13.5. The van der Waals surface area contributed by atoms with E-state index in [0.717, 1.165) is 44.0 Å². The molecule has 1 aromatic rings. The van der Waals surface area contributed by atoms with Gasteiger partial charge in [0, 0.05) is 13.2 Å². The lowest BCUT2D eigenvalue weighted by Crippen LogP contribution is -2.28. The molecule has 1 fully saturated rings. The first-order chi connectivity index (χ1) is 9.33. The van der Waals surface area contributed by atoms with Crippen LogP contribution in [0.4, 0.5) is 0 Å². The Morgan fingerprint density at radius 3 is 2.95 bits per heavy atom. The second-order valence-corrected chi connectivity index (χ2v) is 4.72. The summed E-state index contributed by atoms with van der Waals surface area (Å²) in [6.45, 7) is 5.42. The molecule has 4 nitrogen and oxygen atoms in total. The fraction of sp³-hybridized carbons (Fsp3) is 0.600. The van der Waals surface area contributed by atoms with Gasteiger partial charge in [0.25, 0.3) is 0 Å². The summed E-state index contributed by atoms with van der Waals surface area (Å²) in [4.78, 5) is 0. The number of ether oxygens (including phenoxy) is 3. The maximum absolute atomic E-state index is 5.97. The molecule has 4 heteroatoms. The summed E-state index contributed by atoms with van der Waals surface area (Å²) in [5, 5.41) is 3.30. The van der Waals surface area contributed by atoms with Crippen molar-refractivity contribution in [1.29, 1.82) is 0 Å². The van der Waals surface area contributed by atoms with Gasteiger partial charge in [0.15, 0.2) is 11.5 Å². The summed E-state index contributed by atoms with van der Waals surface area (Å²) in [5.41, 5.74) is 1.20. The van der Waals surface area contributed by atoms with Crippen LogP contribution in [0.5, 0.6) is 11.5 Å². The number of nitrogens with one attached hydrogen (secondary N) is 1. The standard InChI is InChI=1S/C15H23NO3/c1-3-16-10-12-6-7-14(15(9-12)17-2)19-13-5-4-8-18-11-13/h6-7,9,13,16H,3-5,8,10-11H2,1-2H3. The highest BCUT2D eigenvalue weighted by atomic mass is 16.5. The molecule has 1 heterocycles. The maximum Gasteiger partial charge on any atom is 0.161 e. The lowest BCUT2D eigenvalue weighted by Gasteiger charge is -2.24. The van der Waals surface area contributed by atoms with E-state index in [1.165, 1.54) is 5.56 Å². The summed E-state index contributed by atoms with van der Waals surface area (Å²) in [7, 11) is 1.68. The van der Waals surface area contributed by atoms with Crippen molar-refractivity contribution in [2.45, 2.75) is 32.4 Å². The van der Waals surface area contributed by atoms with Crippen LogP contribution in [0.3, 0.4) is 0 Å². The van der Waals surface area contributed by atoms with E-state index < -0.39 is 0 Å². The average molecular weight is 265 g/mol. The van der Waals surface area contributed by atoms with Crippen LogP contribution in [0.2, 0.25) is 0 Å². The Morgan fingerprint density at radius 1 is 1.37 bits per heavy atom. The monoisotopic (exact) mass is 265 g/mol. The van der Waals surface area contributed by atoms with Crippen molar-refractivity contribution < 1.29 is 14.2 Å². The molecule has 0 aromatic heterocycles. The smallest absolute Gasteiger partial charge is 0.161 e. The van der Waals surface area contributed by atoms with Crippen molar-refractivity contribution in [3.05, 3.63) is 23.8 Å².